The summed E-state index contributed by atoms with van der Waals surface area (Å²) in [7, 11) is -3.78. The number of nitrogens with one attached hydrogen (secondary N) is 1. The summed E-state index contributed by atoms with van der Waals surface area (Å²) in [5.74, 6) is 0.917. The van der Waals surface area contributed by atoms with Crippen LogP contribution in [0.3, 0.4) is 0 Å². The van der Waals surface area contributed by atoms with Crippen molar-refractivity contribution in [3.05, 3.63) is 48.4 Å². The van der Waals surface area contributed by atoms with E-state index in [1.165, 1.54) is 12.1 Å². The number of rotatable bonds is 9. The first-order valence-electron chi connectivity index (χ1n) is 10.8. The standard InChI is InChI=1S/C22H27N7O4S/c1-5-32-15(4)29-13-16(12-24-29)18-9-10-28-21(20(18)33-6-2)26-22(27-28)25-19-8-7-17(11-14(19)3)34(23,30)31/h7-13,15H,5-6H2,1-4H3,(H,25,27)(H2,23,30,31). The average molecular weight is 486 g/mol. The van der Waals surface area contributed by atoms with Crippen LogP contribution in [-0.4, -0.2) is 46.0 Å². The molecule has 1 aromatic carbocycles. The number of pyridine rings is 1. The Morgan fingerprint density at radius 3 is 2.68 bits per heavy atom. The van der Waals surface area contributed by atoms with Crippen molar-refractivity contribution in [3.63, 3.8) is 0 Å². The van der Waals surface area contributed by atoms with Crippen LogP contribution in [0.15, 0.2) is 47.8 Å². The SMILES string of the molecule is CCOc1c(-c2cnn(C(C)OCC)c2)ccn2nc(Nc3ccc(S(N)(=O)=O)cc3C)nc12. The fourth-order valence-corrected chi connectivity index (χ4v) is 4.16. The predicted octanol–water partition coefficient (Wildman–Crippen LogP) is 3.25. The molecule has 0 saturated heterocycles. The molecule has 0 aliphatic rings. The van der Waals surface area contributed by atoms with E-state index in [4.69, 9.17) is 14.6 Å². The summed E-state index contributed by atoms with van der Waals surface area (Å²) in [5.41, 5.74) is 3.58. The number of hydrogen-bond donors (Lipinski definition) is 2. The van der Waals surface area contributed by atoms with Gasteiger partial charge >= 0.3 is 0 Å². The smallest absolute Gasteiger partial charge is 0.247 e. The lowest BCUT2D eigenvalue weighted by Gasteiger charge is -2.12. The minimum absolute atomic E-state index is 0.0426. The number of benzene rings is 1. The van der Waals surface area contributed by atoms with Gasteiger partial charge in [-0.2, -0.15) is 10.1 Å². The van der Waals surface area contributed by atoms with Crippen LogP contribution in [0.25, 0.3) is 16.8 Å². The molecule has 0 spiro atoms. The van der Waals surface area contributed by atoms with Crippen molar-refractivity contribution in [1.82, 2.24) is 24.4 Å². The minimum atomic E-state index is -3.78. The molecule has 1 unspecified atom stereocenters. The Morgan fingerprint density at radius 1 is 1.21 bits per heavy atom. The first-order chi connectivity index (χ1) is 16.2. The molecule has 4 rings (SSSR count). The van der Waals surface area contributed by atoms with Gasteiger partial charge in [0, 0.05) is 35.8 Å². The first-order valence-corrected chi connectivity index (χ1v) is 12.3. The van der Waals surface area contributed by atoms with Gasteiger partial charge in [0.05, 0.1) is 17.7 Å². The molecule has 0 amide bonds. The van der Waals surface area contributed by atoms with E-state index in [2.05, 4.69) is 20.5 Å². The molecule has 4 aromatic rings. The first kappa shape index (κ1) is 23.7. The number of anilines is 2. The lowest BCUT2D eigenvalue weighted by atomic mass is 10.1. The number of ether oxygens (including phenoxy) is 2. The van der Waals surface area contributed by atoms with Gasteiger partial charge in [0.15, 0.2) is 11.4 Å². The van der Waals surface area contributed by atoms with Gasteiger partial charge in [0.1, 0.15) is 6.23 Å². The van der Waals surface area contributed by atoms with E-state index in [1.807, 2.05) is 33.0 Å². The fourth-order valence-electron chi connectivity index (χ4n) is 3.56. The van der Waals surface area contributed by atoms with Crippen LogP contribution in [0.4, 0.5) is 11.6 Å². The van der Waals surface area contributed by atoms with Crippen molar-refractivity contribution >= 4 is 27.3 Å². The molecule has 180 valence electrons. The van der Waals surface area contributed by atoms with E-state index < -0.39 is 10.0 Å². The van der Waals surface area contributed by atoms with E-state index in [0.717, 1.165) is 11.1 Å². The second-order valence-electron chi connectivity index (χ2n) is 7.61. The Kier molecular flexibility index (Phi) is 6.55. The fraction of sp³-hybridized carbons (Fsp3) is 0.318. The molecule has 0 aliphatic heterocycles. The molecular weight excluding hydrogens is 458 g/mol. The maximum Gasteiger partial charge on any atom is 0.247 e. The summed E-state index contributed by atoms with van der Waals surface area (Å²) >= 11 is 0. The van der Waals surface area contributed by atoms with Crippen molar-refractivity contribution < 1.29 is 17.9 Å². The molecule has 0 radical (unpaired) electrons. The summed E-state index contributed by atoms with van der Waals surface area (Å²) in [5, 5.41) is 17.3. The van der Waals surface area contributed by atoms with Gasteiger partial charge in [-0.05, 0) is 57.5 Å². The molecule has 3 aromatic heterocycles. The molecular formula is C22H27N7O4S. The van der Waals surface area contributed by atoms with Gasteiger partial charge in [0.2, 0.25) is 16.0 Å². The molecule has 11 nitrogen and oxygen atoms in total. The number of aryl methyl sites for hydroxylation is 1. The van der Waals surface area contributed by atoms with Crippen LogP contribution in [0.1, 0.15) is 32.6 Å². The third-order valence-electron chi connectivity index (χ3n) is 5.22. The number of nitrogens with two attached hydrogens (primary N) is 1. The summed E-state index contributed by atoms with van der Waals surface area (Å²) in [6.45, 7) is 8.58. The second kappa shape index (κ2) is 9.41. The lowest BCUT2D eigenvalue weighted by molar-refractivity contribution is 0.0160. The third-order valence-corrected chi connectivity index (χ3v) is 6.13. The number of hydrogen-bond acceptors (Lipinski definition) is 8. The molecule has 34 heavy (non-hydrogen) atoms. The van der Waals surface area contributed by atoms with Crippen LogP contribution >= 0.6 is 0 Å². The van der Waals surface area contributed by atoms with Crippen LogP contribution in [0.5, 0.6) is 5.75 Å². The van der Waals surface area contributed by atoms with Gasteiger partial charge in [-0.15, -0.1) is 5.10 Å². The zero-order valence-corrected chi connectivity index (χ0v) is 20.2. The van der Waals surface area contributed by atoms with Crippen molar-refractivity contribution in [2.75, 3.05) is 18.5 Å². The molecule has 3 N–H and O–H groups in total. The van der Waals surface area contributed by atoms with Crippen molar-refractivity contribution in [3.8, 4) is 16.9 Å². The highest BCUT2D eigenvalue weighted by Crippen LogP contribution is 2.34. The van der Waals surface area contributed by atoms with Gasteiger partial charge in [-0.25, -0.2) is 22.8 Å². The number of aromatic nitrogens is 5. The quantitative estimate of drug-likeness (QED) is 0.368. The van der Waals surface area contributed by atoms with Crippen molar-refractivity contribution in [2.24, 2.45) is 5.14 Å². The Labute approximate surface area is 197 Å². The number of nitrogens with zero attached hydrogens (tertiary/aromatic N) is 5. The highest BCUT2D eigenvalue weighted by molar-refractivity contribution is 7.89. The molecule has 0 fully saturated rings. The van der Waals surface area contributed by atoms with Gasteiger partial charge < -0.3 is 14.8 Å². The lowest BCUT2D eigenvalue weighted by Crippen LogP contribution is -2.12. The summed E-state index contributed by atoms with van der Waals surface area (Å²) < 4.78 is 38.1. The van der Waals surface area contributed by atoms with Crippen molar-refractivity contribution in [2.45, 2.75) is 38.8 Å². The van der Waals surface area contributed by atoms with Gasteiger partial charge in [0.25, 0.3) is 0 Å². The second-order valence-corrected chi connectivity index (χ2v) is 9.17. The van der Waals surface area contributed by atoms with Crippen LogP contribution < -0.4 is 15.2 Å². The Bertz CT molecular complexity index is 1430. The van der Waals surface area contributed by atoms with E-state index in [-0.39, 0.29) is 11.1 Å². The number of primary sulfonamides is 1. The zero-order valence-electron chi connectivity index (χ0n) is 19.4. The maximum absolute atomic E-state index is 11.6. The molecule has 3 heterocycles. The van der Waals surface area contributed by atoms with Crippen molar-refractivity contribution in [1.29, 1.82) is 0 Å². The summed E-state index contributed by atoms with van der Waals surface area (Å²) in [4.78, 5) is 4.66. The Hall–Kier alpha value is -3.48. The molecule has 0 saturated carbocycles. The summed E-state index contributed by atoms with van der Waals surface area (Å²) in [6.07, 6.45) is 5.27. The summed E-state index contributed by atoms with van der Waals surface area (Å²) in [6, 6.07) is 6.46. The van der Waals surface area contributed by atoms with E-state index >= 15 is 0 Å². The highest BCUT2D eigenvalue weighted by atomic mass is 32.2. The van der Waals surface area contributed by atoms with Crippen LogP contribution in [-0.2, 0) is 14.8 Å². The molecule has 0 bridgehead atoms. The topological polar surface area (TPSA) is 139 Å². The van der Waals surface area contributed by atoms with E-state index in [0.29, 0.717) is 41.8 Å². The maximum atomic E-state index is 11.6. The average Bonchev–Trinajstić information content (AvgIpc) is 3.42. The Morgan fingerprint density at radius 2 is 2.00 bits per heavy atom. The van der Waals surface area contributed by atoms with E-state index in [9.17, 15) is 8.42 Å². The largest absolute Gasteiger partial charge is 0.489 e. The van der Waals surface area contributed by atoms with Gasteiger partial charge in [-0.1, -0.05) is 0 Å². The molecule has 1 atom stereocenters. The minimum Gasteiger partial charge on any atom is -0.489 e. The Balaban J connectivity index is 1.70. The predicted molar refractivity (Wildman–Crippen MR) is 128 cm³/mol. The third kappa shape index (κ3) is 4.74. The normalized spacial score (nSPS) is 12.7. The van der Waals surface area contributed by atoms with Crippen LogP contribution in [0.2, 0.25) is 0 Å². The monoisotopic (exact) mass is 485 g/mol. The zero-order chi connectivity index (χ0) is 24.5. The number of fused-ring (bicyclic) bond motifs is 1. The van der Waals surface area contributed by atoms with Crippen LogP contribution in [0, 0.1) is 6.92 Å². The highest BCUT2D eigenvalue weighted by Gasteiger charge is 2.18. The molecule has 0 aliphatic carbocycles. The number of sulfonamides is 1. The van der Waals surface area contributed by atoms with E-state index in [1.54, 1.807) is 34.6 Å². The molecule has 12 heteroatoms. The van der Waals surface area contributed by atoms with Gasteiger partial charge in [-0.3, -0.25) is 0 Å².